The van der Waals surface area contributed by atoms with Crippen LogP contribution in [0.2, 0.25) is 0 Å². The second-order valence-electron chi connectivity index (χ2n) is 3.54. The second kappa shape index (κ2) is 10.1. The molecule has 0 bridgehead atoms. The molecule has 0 saturated heterocycles. The van der Waals surface area contributed by atoms with Gasteiger partial charge in [-0.25, -0.2) is 14.7 Å². The quantitative estimate of drug-likeness (QED) is 0.288. The maximum atomic E-state index is 5.66. The molecule has 0 amide bonds. The number of para-hydroxylation sites is 1. The minimum absolute atomic E-state index is 0.269. The molecule has 0 aliphatic heterocycles. The van der Waals surface area contributed by atoms with Gasteiger partial charge in [0.15, 0.2) is 0 Å². The van der Waals surface area contributed by atoms with Gasteiger partial charge in [0.05, 0.1) is 19.8 Å². The molecule has 0 spiro atoms. The third-order valence-electron chi connectivity index (χ3n) is 1.94. The van der Waals surface area contributed by atoms with Crippen LogP contribution >= 0.6 is 12.6 Å². The topological polar surface area (TPSA) is 64.6 Å². The maximum Gasteiger partial charge on any atom is 0.834 e. The summed E-state index contributed by atoms with van der Waals surface area (Å²) in [5.41, 5.74) is 0. The van der Waals surface area contributed by atoms with E-state index in [1.807, 2.05) is 6.07 Å². The molecule has 0 atom stereocenters. The highest BCUT2D eigenvalue weighted by Gasteiger charge is 2.55. The lowest BCUT2D eigenvalue weighted by Crippen LogP contribution is -2.52. The summed E-state index contributed by atoms with van der Waals surface area (Å²) >= 11 is 4.29. The van der Waals surface area contributed by atoms with Gasteiger partial charge in [-0.15, -0.1) is 12.6 Å². The summed E-state index contributed by atoms with van der Waals surface area (Å²) in [5, 5.41) is 0. The van der Waals surface area contributed by atoms with Crippen LogP contribution in [0.15, 0.2) is 29.2 Å². The molecule has 0 aliphatic carbocycles. The normalized spacial score (nSPS) is 11.6. The monoisotopic (exact) mass is 336 g/mol. The van der Waals surface area contributed by atoms with Gasteiger partial charge >= 0.3 is 9.05 Å². The van der Waals surface area contributed by atoms with Gasteiger partial charge < -0.3 is 4.43 Å². The van der Waals surface area contributed by atoms with Crippen LogP contribution in [-0.2, 0) is 28.4 Å². The van der Waals surface area contributed by atoms with Crippen molar-refractivity contribution in [3.8, 4) is 5.75 Å². The van der Waals surface area contributed by atoms with E-state index in [2.05, 4.69) is 12.6 Å². The summed E-state index contributed by atoms with van der Waals surface area (Å²) in [5.74, 6) is 0.395. The van der Waals surface area contributed by atoms with Gasteiger partial charge in [0.2, 0.25) is 0 Å². The molecule has 120 valence electrons. The van der Waals surface area contributed by atoms with Crippen molar-refractivity contribution >= 4 is 21.7 Å². The molecule has 0 heterocycles. The molecule has 7 nitrogen and oxygen atoms in total. The van der Waals surface area contributed by atoms with Crippen molar-refractivity contribution in [2.45, 2.75) is 25.7 Å². The molecule has 0 aromatic heterocycles. The lowest BCUT2D eigenvalue weighted by atomic mass is 10.3. The number of thiol groups is 1. The molecule has 1 aromatic carbocycles. The van der Waals surface area contributed by atoms with Crippen molar-refractivity contribution < 1.29 is 32.8 Å². The molecule has 0 unspecified atom stereocenters. The Hall–Kier alpha value is -0.653. The van der Waals surface area contributed by atoms with Gasteiger partial charge in [0.25, 0.3) is 0 Å². The predicted octanol–water partition coefficient (Wildman–Crippen LogP) is 2.69. The zero-order chi connectivity index (χ0) is 15.6. The van der Waals surface area contributed by atoms with Crippen LogP contribution in [0.4, 0.5) is 0 Å². The predicted molar refractivity (Wildman–Crippen MR) is 78.2 cm³/mol. The van der Waals surface area contributed by atoms with E-state index in [9.17, 15) is 0 Å². The van der Waals surface area contributed by atoms with Crippen molar-refractivity contribution in [1.29, 1.82) is 0 Å². The van der Waals surface area contributed by atoms with Crippen LogP contribution in [0.1, 0.15) is 20.8 Å². The van der Waals surface area contributed by atoms with Crippen LogP contribution in [0.25, 0.3) is 0 Å². The summed E-state index contributed by atoms with van der Waals surface area (Å²) in [6, 6.07) is 7.02. The maximum absolute atomic E-state index is 5.66. The van der Waals surface area contributed by atoms with Crippen LogP contribution in [0.5, 0.6) is 5.75 Å². The Kier molecular flexibility index (Phi) is 8.88. The number of benzene rings is 1. The third-order valence-corrected chi connectivity index (χ3v) is 3.74. The van der Waals surface area contributed by atoms with Gasteiger partial charge in [0, 0.05) is 4.90 Å². The Morgan fingerprint density at radius 1 is 0.857 bits per heavy atom. The summed E-state index contributed by atoms with van der Waals surface area (Å²) in [6.45, 7) is 6.04. The van der Waals surface area contributed by atoms with Gasteiger partial charge in [-0.2, -0.15) is 13.7 Å². The molecule has 9 heteroatoms. The molecular weight excluding hydrogens is 316 g/mol. The van der Waals surface area contributed by atoms with Crippen molar-refractivity contribution in [2.75, 3.05) is 19.8 Å². The van der Waals surface area contributed by atoms with E-state index >= 15 is 0 Å². The zero-order valence-corrected chi connectivity index (χ0v) is 14.1. The Balaban J connectivity index is 2.92. The van der Waals surface area contributed by atoms with Crippen LogP contribution in [-0.4, -0.2) is 28.9 Å². The lowest BCUT2D eigenvalue weighted by Gasteiger charge is -2.24. The summed E-state index contributed by atoms with van der Waals surface area (Å²) in [7, 11) is -3.85. The highest BCUT2D eigenvalue weighted by molar-refractivity contribution is 7.80. The van der Waals surface area contributed by atoms with E-state index in [1.165, 1.54) is 0 Å². The van der Waals surface area contributed by atoms with Crippen molar-refractivity contribution in [3.63, 3.8) is 0 Å². The van der Waals surface area contributed by atoms with Gasteiger partial charge in [0.1, 0.15) is 5.75 Å². The van der Waals surface area contributed by atoms with Crippen LogP contribution in [0.3, 0.4) is 0 Å². The van der Waals surface area contributed by atoms with E-state index in [0.717, 1.165) is 0 Å². The average molecular weight is 336 g/mol. The van der Waals surface area contributed by atoms with E-state index < -0.39 is 9.05 Å². The van der Waals surface area contributed by atoms with E-state index in [0.29, 0.717) is 10.6 Å². The van der Waals surface area contributed by atoms with E-state index in [4.69, 9.17) is 32.8 Å². The minimum atomic E-state index is -3.85. The van der Waals surface area contributed by atoms with Gasteiger partial charge in [-0.1, -0.05) is 12.1 Å². The molecule has 0 aliphatic rings. The zero-order valence-electron chi connectivity index (χ0n) is 12.2. The lowest BCUT2D eigenvalue weighted by molar-refractivity contribution is -0.378. The summed E-state index contributed by atoms with van der Waals surface area (Å²) in [6.07, 6.45) is 0. The first-order chi connectivity index (χ1) is 10.2. The third kappa shape index (κ3) is 6.32. The largest absolute Gasteiger partial charge is 0.834 e. The molecule has 0 saturated carbocycles. The minimum Gasteiger partial charge on any atom is -0.475 e. The Morgan fingerprint density at radius 3 is 1.76 bits per heavy atom. The molecule has 1 aromatic rings. The van der Waals surface area contributed by atoms with Crippen molar-refractivity contribution in [3.05, 3.63) is 24.3 Å². The Labute approximate surface area is 130 Å². The molecule has 1 rings (SSSR count). The van der Waals surface area contributed by atoms with E-state index in [1.54, 1.807) is 39.0 Å². The number of hydrogen-bond donors (Lipinski definition) is 1. The first-order valence-electron chi connectivity index (χ1n) is 6.56. The standard InChI is InChI=1S/C12H20O7SSi/c1-4-13-17-21(18-14-5-2,19-15-6-3)16-11-9-7-8-10-12(11)20/h7-10,20H,4-6H2,1-3H3. The smallest absolute Gasteiger partial charge is 0.475 e. The van der Waals surface area contributed by atoms with Crippen molar-refractivity contribution in [2.24, 2.45) is 0 Å². The highest BCUT2D eigenvalue weighted by Crippen LogP contribution is 2.26. The second-order valence-corrected chi connectivity index (χ2v) is 5.73. The fourth-order valence-electron chi connectivity index (χ4n) is 1.16. The highest BCUT2D eigenvalue weighted by atomic mass is 32.1. The van der Waals surface area contributed by atoms with Gasteiger partial charge in [-0.05, 0) is 32.9 Å². The molecule has 21 heavy (non-hydrogen) atoms. The summed E-state index contributed by atoms with van der Waals surface area (Å²) in [4.78, 5) is 15.3. The average Bonchev–Trinajstić information content (AvgIpc) is 2.51. The first-order valence-corrected chi connectivity index (χ1v) is 8.64. The van der Waals surface area contributed by atoms with Crippen LogP contribution in [0, 0.1) is 0 Å². The Morgan fingerprint density at radius 2 is 1.33 bits per heavy atom. The van der Waals surface area contributed by atoms with E-state index in [-0.39, 0.29) is 19.8 Å². The van der Waals surface area contributed by atoms with Crippen molar-refractivity contribution in [1.82, 2.24) is 0 Å². The number of rotatable bonds is 11. The SMILES string of the molecule is CCOO[Si](OOCC)(OOCC)Oc1ccccc1S. The van der Waals surface area contributed by atoms with Gasteiger partial charge in [-0.3, -0.25) is 0 Å². The fourth-order valence-corrected chi connectivity index (χ4v) is 2.88. The Bertz CT molecular complexity index is 385. The fraction of sp³-hybridized carbons (Fsp3) is 0.500. The molecule has 0 N–H and O–H groups in total. The molecular formula is C12H20O7SSi. The first kappa shape index (κ1) is 18.4. The van der Waals surface area contributed by atoms with Crippen LogP contribution < -0.4 is 4.43 Å². The number of hydrogen-bond acceptors (Lipinski definition) is 8. The summed E-state index contributed by atoms with van der Waals surface area (Å²) < 4.78 is 21.1. The molecule has 0 radical (unpaired) electrons. The molecule has 0 fully saturated rings.